The van der Waals surface area contributed by atoms with Gasteiger partial charge in [0.15, 0.2) is 0 Å². The predicted octanol–water partition coefficient (Wildman–Crippen LogP) is 4.99. The summed E-state index contributed by atoms with van der Waals surface area (Å²) in [4.78, 5) is 8.72. The van der Waals surface area contributed by atoms with Crippen LogP contribution in [0.25, 0.3) is 0 Å². The number of hydrogen-bond donors (Lipinski definition) is 1. The number of aromatic nitrogens is 2. The van der Waals surface area contributed by atoms with Gasteiger partial charge in [0.25, 0.3) is 0 Å². The highest BCUT2D eigenvalue weighted by atomic mass is 35.5. The Labute approximate surface area is 131 Å². The van der Waals surface area contributed by atoms with E-state index in [9.17, 15) is 0 Å². The molecule has 0 aliphatic carbocycles. The second kappa shape index (κ2) is 6.90. The lowest BCUT2D eigenvalue weighted by atomic mass is 10.0. The zero-order valence-corrected chi connectivity index (χ0v) is 13.8. The molecule has 0 amide bonds. The van der Waals surface area contributed by atoms with E-state index in [-0.39, 0.29) is 5.92 Å². The van der Waals surface area contributed by atoms with Crippen LogP contribution in [0.1, 0.15) is 56.5 Å². The topological polar surface area (TPSA) is 37.8 Å². The number of nitrogens with one attached hydrogen (secondary N) is 1. The average Bonchev–Trinajstić information content (AvgIpc) is 2.45. The predicted molar refractivity (Wildman–Crippen MR) is 89.0 cm³/mol. The summed E-state index contributed by atoms with van der Waals surface area (Å²) in [6.07, 6.45) is 0. The maximum atomic E-state index is 6.04. The van der Waals surface area contributed by atoms with Crippen molar-refractivity contribution in [3.8, 4) is 0 Å². The molecular formula is C17H22ClN3. The summed E-state index contributed by atoms with van der Waals surface area (Å²) in [6, 6.07) is 10.4. The van der Waals surface area contributed by atoms with E-state index in [0.29, 0.717) is 11.1 Å². The van der Waals surface area contributed by atoms with E-state index >= 15 is 0 Å². The monoisotopic (exact) mass is 303 g/mol. The van der Waals surface area contributed by atoms with E-state index in [2.05, 4.69) is 67.2 Å². The molecule has 0 unspecified atom stereocenters. The fraction of sp³-hybridized carbons (Fsp3) is 0.412. The van der Waals surface area contributed by atoms with Crippen LogP contribution in [-0.4, -0.2) is 9.97 Å². The lowest BCUT2D eigenvalue weighted by molar-refractivity contribution is 0.774. The number of nitrogens with zero attached hydrogens (tertiary/aromatic N) is 2. The Bertz CT molecular complexity index is 591. The summed E-state index contributed by atoms with van der Waals surface area (Å²) in [5.41, 5.74) is 2.58. The second-order valence-corrected chi connectivity index (χ2v) is 6.23. The third kappa shape index (κ3) is 4.43. The van der Waals surface area contributed by atoms with Crippen molar-refractivity contribution in [2.24, 2.45) is 0 Å². The van der Waals surface area contributed by atoms with Crippen molar-refractivity contribution in [3.63, 3.8) is 0 Å². The molecule has 3 nitrogen and oxygen atoms in total. The van der Waals surface area contributed by atoms with Crippen LogP contribution in [0.2, 0.25) is 5.15 Å². The minimum absolute atomic E-state index is 0.259. The second-order valence-electron chi connectivity index (χ2n) is 5.84. The van der Waals surface area contributed by atoms with Gasteiger partial charge in [-0.2, -0.15) is 0 Å². The summed E-state index contributed by atoms with van der Waals surface area (Å²) in [5.74, 6) is 2.35. The van der Waals surface area contributed by atoms with Crippen molar-refractivity contribution in [1.82, 2.24) is 9.97 Å². The van der Waals surface area contributed by atoms with Crippen molar-refractivity contribution in [2.45, 2.75) is 46.1 Å². The first-order valence-electron chi connectivity index (χ1n) is 7.33. The van der Waals surface area contributed by atoms with E-state index in [1.165, 1.54) is 11.1 Å². The Balaban J connectivity index is 2.05. The Kier molecular flexibility index (Phi) is 5.18. The highest BCUT2D eigenvalue weighted by Crippen LogP contribution is 2.18. The molecule has 21 heavy (non-hydrogen) atoms. The van der Waals surface area contributed by atoms with Crippen molar-refractivity contribution in [1.29, 1.82) is 0 Å². The van der Waals surface area contributed by atoms with Crippen LogP contribution < -0.4 is 5.32 Å². The molecule has 0 saturated carbocycles. The van der Waals surface area contributed by atoms with Gasteiger partial charge in [0.2, 0.25) is 0 Å². The zero-order valence-electron chi connectivity index (χ0n) is 13.0. The van der Waals surface area contributed by atoms with Crippen molar-refractivity contribution in [3.05, 3.63) is 52.4 Å². The summed E-state index contributed by atoms with van der Waals surface area (Å²) >= 11 is 6.04. The third-order valence-corrected chi connectivity index (χ3v) is 3.54. The van der Waals surface area contributed by atoms with Crippen LogP contribution in [0, 0.1) is 0 Å². The molecule has 0 atom stereocenters. The highest BCUT2D eigenvalue weighted by Gasteiger charge is 2.07. The number of rotatable bonds is 5. The van der Waals surface area contributed by atoms with Crippen molar-refractivity contribution < 1.29 is 0 Å². The molecule has 112 valence electrons. The van der Waals surface area contributed by atoms with Gasteiger partial charge in [0, 0.05) is 18.5 Å². The summed E-state index contributed by atoms with van der Waals surface area (Å²) in [5, 5.41) is 3.79. The van der Waals surface area contributed by atoms with Gasteiger partial charge in [0.1, 0.15) is 16.8 Å². The quantitative estimate of drug-likeness (QED) is 0.791. The summed E-state index contributed by atoms with van der Waals surface area (Å²) < 4.78 is 0. The molecule has 2 rings (SSSR count). The molecule has 4 heteroatoms. The van der Waals surface area contributed by atoms with Gasteiger partial charge in [-0.3, -0.25) is 0 Å². The molecule has 0 fully saturated rings. The number of hydrogen-bond acceptors (Lipinski definition) is 3. The Morgan fingerprint density at radius 3 is 2.24 bits per heavy atom. The van der Waals surface area contributed by atoms with Gasteiger partial charge < -0.3 is 5.32 Å². The molecule has 0 spiro atoms. The van der Waals surface area contributed by atoms with Crippen molar-refractivity contribution >= 4 is 17.4 Å². The Morgan fingerprint density at radius 2 is 1.67 bits per heavy atom. The standard InChI is InChI=1S/C17H22ClN3/c1-11(2)14-7-5-13(6-8-14)10-19-16-9-15(18)20-17(21-16)12(3)4/h5-9,11-12H,10H2,1-4H3,(H,19,20,21). The lowest BCUT2D eigenvalue weighted by Crippen LogP contribution is -2.05. The normalized spacial score (nSPS) is 11.2. The number of anilines is 1. The smallest absolute Gasteiger partial charge is 0.135 e. The molecule has 0 bridgehead atoms. The van der Waals surface area contributed by atoms with E-state index in [0.717, 1.165) is 18.2 Å². The van der Waals surface area contributed by atoms with Crippen LogP contribution in [-0.2, 0) is 6.54 Å². The van der Waals surface area contributed by atoms with Gasteiger partial charge >= 0.3 is 0 Å². The van der Waals surface area contributed by atoms with Gasteiger partial charge in [-0.05, 0) is 17.0 Å². The zero-order chi connectivity index (χ0) is 15.4. The van der Waals surface area contributed by atoms with Gasteiger partial charge in [-0.15, -0.1) is 0 Å². The first kappa shape index (κ1) is 15.8. The molecule has 0 saturated heterocycles. The third-order valence-electron chi connectivity index (χ3n) is 3.35. The maximum Gasteiger partial charge on any atom is 0.135 e. The first-order valence-corrected chi connectivity index (χ1v) is 7.70. The van der Waals surface area contributed by atoms with Crippen LogP contribution in [0.15, 0.2) is 30.3 Å². The van der Waals surface area contributed by atoms with Crippen molar-refractivity contribution in [2.75, 3.05) is 5.32 Å². The molecular weight excluding hydrogens is 282 g/mol. The van der Waals surface area contributed by atoms with Gasteiger partial charge in [-0.1, -0.05) is 63.6 Å². The Hall–Kier alpha value is -1.61. The van der Waals surface area contributed by atoms with E-state index in [1.807, 2.05) is 0 Å². The molecule has 1 aromatic carbocycles. The Morgan fingerprint density at radius 1 is 1.00 bits per heavy atom. The molecule has 2 aromatic rings. The van der Waals surface area contributed by atoms with Crippen LogP contribution in [0.5, 0.6) is 0 Å². The summed E-state index contributed by atoms with van der Waals surface area (Å²) in [6.45, 7) is 9.23. The van der Waals surface area contributed by atoms with Crippen LogP contribution in [0.3, 0.4) is 0 Å². The largest absolute Gasteiger partial charge is 0.366 e. The molecule has 1 heterocycles. The summed E-state index contributed by atoms with van der Waals surface area (Å²) in [7, 11) is 0. The molecule has 0 aliphatic heterocycles. The highest BCUT2D eigenvalue weighted by molar-refractivity contribution is 6.29. The molecule has 0 radical (unpaired) electrons. The van der Waals surface area contributed by atoms with E-state index < -0.39 is 0 Å². The van der Waals surface area contributed by atoms with Crippen LogP contribution in [0.4, 0.5) is 5.82 Å². The molecule has 0 aliphatic rings. The minimum atomic E-state index is 0.259. The SMILES string of the molecule is CC(C)c1ccc(CNc2cc(Cl)nc(C(C)C)n2)cc1. The van der Waals surface area contributed by atoms with Gasteiger partial charge in [-0.25, -0.2) is 9.97 Å². The van der Waals surface area contributed by atoms with Gasteiger partial charge in [0.05, 0.1) is 0 Å². The maximum absolute atomic E-state index is 6.04. The molecule has 1 N–H and O–H groups in total. The van der Waals surface area contributed by atoms with Crippen LogP contribution >= 0.6 is 11.6 Å². The average molecular weight is 304 g/mol. The van der Waals surface area contributed by atoms with E-state index in [1.54, 1.807) is 6.07 Å². The lowest BCUT2D eigenvalue weighted by Gasteiger charge is -2.11. The first-order chi connectivity index (χ1) is 9.95. The number of benzene rings is 1. The fourth-order valence-corrected chi connectivity index (χ4v) is 2.19. The fourth-order valence-electron chi connectivity index (χ4n) is 2.00. The molecule has 1 aromatic heterocycles. The van der Waals surface area contributed by atoms with E-state index in [4.69, 9.17) is 11.6 Å². The minimum Gasteiger partial charge on any atom is -0.366 e. The number of halogens is 1.